The highest BCUT2D eigenvalue weighted by Crippen LogP contribution is 2.40. The van der Waals surface area contributed by atoms with Crippen LogP contribution in [0.1, 0.15) is 65.2 Å². The van der Waals surface area contributed by atoms with Crippen molar-refractivity contribution in [3.63, 3.8) is 0 Å². The average Bonchev–Trinajstić information content (AvgIpc) is 2.74. The second-order valence-corrected chi connectivity index (χ2v) is 5.66. The van der Waals surface area contributed by atoms with Gasteiger partial charge in [0.2, 0.25) is 5.79 Å². The molecule has 1 aliphatic heterocycles. The molecule has 0 aliphatic carbocycles. The molecule has 0 fully saturated rings. The Morgan fingerprint density at radius 3 is 1.95 bits per heavy atom. The van der Waals surface area contributed by atoms with Gasteiger partial charge in [-0.25, -0.2) is 0 Å². The molecule has 1 heterocycles. The fourth-order valence-corrected chi connectivity index (χ4v) is 2.61. The van der Waals surface area contributed by atoms with Crippen LogP contribution >= 0.6 is 0 Å². The number of unbranched alkanes of at least 4 members (excludes halogenated alkanes) is 6. The summed E-state index contributed by atoms with van der Waals surface area (Å²) in [5, 5.41) is 0. The molecule has 106 valence electrons. The van der Waals surface area contributed by atoms with Gasteiger partial charge in [-0.2, -0.15) is 0 Å². The normalized spacial score (nSPS) is 15.7. The lowest BCUT2D eigenvalue weighted by atomic mass is 10.1. The summed E-state index contributed by atoms with van der Waals surface area (Å²) < 4.78 is 11.8. The Morgan fingerprint density at radius 1 is 0.842 bits per heavy atom. The molecule has 0 unspecified atom stereocenters. The Morgan fingerprint density at radius 2 is 1.37 bits per heavy atom. The molecule has 0 spiro atoms. The van der Waals surface area contributed by atoms with Crippen LogP contribution in [0.2, 0.25) is 0 Å². The maximum atomic E-state index is 5.92. The molecule has 1 aliphatic rings. The van der Waals surface area contributed by atoms with Crippen molar-refractivity contribution in [2.45, 2.75) is 71.0 Å². The van der Waals surface area contributed by atoms with E-state index in [1.54, 1.807) is 0 Å². The van der Waals surface area contributed by atoms with Crippen LogP contribution in [0.5, 0.6) is 11.5 Å². The summed E-state index contributed by atoms with van der Waals surface area (Å²) in [7, 11) is 0. The van der Waals surface area contributed by atoms with Gasteiger partial charge in [0.25, 0.3) is 0 Å². The van der Waals surface area contributed by atoms with Crippen molar-refractivity contribution in [1.29, 1.82) is 0 Å². The van der Waals surface area contributed by atoms with Crippen LogP contribution in [-0.2, 0) is 0 Å². The van der Waals surface area contributed by atoms with Crippen molar-refractivity contribution in [3.8, 4) is 11.5 Å². The standard InChI is InChI=1S/C17H26O2/c1-3-4-5-6-7-8-11-14-17(2)18-15-12-9-10-13-16(15)19-17/h9-10,12-13H,3-8,11,14H2,1-2H3. The highest BCUT2D eigenvalue weighted by molar-refractivity contribution is 5.42. The number of hydrogen-bond acceptors (Lipinski definition) is 2. The first-order valence-corrected chi connectivity index (χ1v) is 7.70. The Balaban J connectivity index is 1.64. The summed E-state index contributed by atoms with van der Waals surface area (Å²) in [5.41, 5.74) is 0. The highest BCUT2D eigenvalue weighted by atomic mass is 16.7. The third-order valence-corrected chi connectivity index (χ3v) is 3.74. The van der Waals surface area contributed by atoms with Crippen molar-refractivity contribution >= 4 is 0 Å². The summed E-state index contributed by atoms with van der Waals surface area (Å²) in [5.74, 6) is 1.31. The van der Waals surface area contributed by atoms with E-state index in [9.17, 15) is 0 Å². The van der Waals surface area contributed by atoms with Gasteiger partial charge in [0.05, 0.1) is 0 Å². The van der Waals surface area contributed by atoms with Crippen LogP contribution in [0.15, 0.2) is 24.3 Å². The fraction of sp³-hybridized carbons (Fsp3) is 0.647. The molecule has 1 aromatic carbocycles. The van der Waals surface area contributed by atoms with E-state index >= 15 is 0 Å². The predicted octanol–water partition coefficient (Wildman–Crippen LogP) is 5.31. The van der Waals surface area contributed by atoms with Crippen LogP contribution in [0.3, 0.4) is 0 Å². The Hall–Kier alpha value is -1.18. The van der Waals surface area contributed by atoms with Gasteiger partial charge in [0, 0.05) is 13.3 Å². The van der Waals surface area contributed by atoms with Gasteiger partial charge in [-0.15, -0.1) is 0 Å². The zero-order chi connectivity index (χ0) is 13.6. The largest absolute Gasteiger partial charge is 0.449 e. The number of fused-ring (bicyclic) bond motifs is 1. The summed E-state index contributed by atoms with van der Waals surface area (Å²) in [6, 6.07) is 7.93. The van der Waals surface area contributed by atoms with E-state index in [-0.39, 0.29) is 0 Å². The Bertz CT molecular complexity index is 362. The van der Waals surface area contributed by atoms with Crippen molar-refractivity contribution < 1.29 is 9.47 Å². The molecular weight excluding hydrogens is 236 g/mol. The summed E-state index contributed by atoms with van der Waals surface area (Å²) >= 11 is 0. The molecule has 0 amide bonds. The molecule has 1 aromatic rings. The first kappa shape index (κ1) is 14.2. The quantitative estimate of drug-likeness (QED) is 0.591. The van der Waals surface area contributed by atoms with E-state index in [2.05, 4.69) is 6.92 Å². The molecule has 0 saturated carbocycles. The topological polar surface area (TPSA) is 18.5 Å². The van der Waals surface area contributed by atoms with Gasteiger partial charge in [-0.05, 0) is 18.6 Å². The molecule has 2 rings (SSSR count). The minimum atomic E-state index is -0.451. The maximum absolute atomic E-state index is 5.92. The summed E-state index contributed by atoms with van der Waals surface area (Å²) in [6.45, 7) is 4.30. The smallest absolute Gasteiger partial charge is 0.248 e. The van der Waals surface area contributed by atoms with Crippen LogP contribution in [0, 0.1) is 0 Å². The van der Waals surface area contributed by atoms with Crippen LogP contribution in [0.25, 0.3) is 0 Å². The monoisotopic (exact) mass is 262 g/mol. The van der Waals surface area contributed by atoms with Crippen LogP contribution in [-0.4, -0.2) is 5.79 Å². The SMILES string of the molecule is CCCCCCCCCC1(C)Oc2ccccc2O1. The van der Waals surface area contributed by atoms with Crippen molar-refractivity contribution in [2.24, 2.45) is 0 Å². The van der Waals surface area contributed by atoms with Gasteiger partial charge < -0.3 is 9.47 Å². The summed E-state index contributed by atoms with van der Waals surface area (Å²) in [4.78, 5) is 0. The van der Waals surface area contributed by atoms with E-state index in [0.29, 0.717) is 0 Å². The van der Waals surface area contributed by atoms with Crippen molar-refractivity contribution in [3.05, 3.63) is 24.3 Å². The molecule has 19 heavy (non-hydrogen) atoms. The average molecular weight is 262 g/mol. The van der Waals surface area contributed by atoms with Gasteiger partial charge in [-0.3, -0.25) is 0 Å². The maximum Gasteiger partial charge on any atom is 0.248 e. The van der Waals surface area contributed by atoms with Gasteiger partial charge in [0.1, 0.15) is 0 Å². The second-order valence-electron chi connectivity index (χ2n) is 5.66. The zero-order valence-corrected chi connectivity index (χ0v) is 12.3. The lowest BCUT2D eigenvalue weighted by Crippen LogP contribution is -2.34. The van der Waals surface area contributed by atoms with E-state index in [0.717, 1.165) is 17.9 Å². The highest BCUT2D eigenvalue weighted by Gasteiger charge is 2.35. The minimum absolute atomic E-state index is 0.451. The van der Waals surface area contributed by atoms with E-state index in [4.69, 9.17) is 9.47 Å². The first-order chi connectivity index (χ1) is 9.23. The molecule has 0 saturated heterocycles. The number of para-hydroxylation sites is 2. The molecule has 0 aromatic heterocycles. The molecular formula is C17H26O2. The first-order valence-electron chi connectivity index (χ1n) is 7.70. The van der Waals surface area contributed by atoms with Gasteiger partial charge in [-0.1, -0.05) is 57.6 Å². The van der Waals surface area contributed by atoms with Crippen molar-refractivity contribution in [2.75, 3.05) is 0 Å². The molecule has 2 nitrogen and oxygen atoms in total. The third kappa shape index (κ3) is 4.15. The van der Waals surface area contributed by atoms with E-state index < -0.39 is 5.79 Å². The van der Waals surface area contributed by atoms with E-state index in [1.165, 1.54) is 44.9 Å². The zero-order valence-electron chi connectivity index (χ0n) is 12.3. The van der Waals surface area contributed by atoms with E-state index in [1.807, 2.05) is 31.2 Å². The summed E-state index contributed by atoms with van der Waals surface area (Å²) in [6.07, 6.45) is 10.2. The molecule has 0 N–H and O–H groups in total. The minimum Gasteiger partial charge on any atom is -0.449 e. The number of benzene rings is 1. The lowest BCUT2D eigenvalue weighted by Gasteiger charge is -2.22. The van der Waals surface area contributed by atoms with Gasteiger partial charge >= 0.3 is 0 Å². The van der Waals surface area contributed by atoms with Crippen LogP contribution < -0.4 is 9.47 Å². The Labute approximate surface area is 117 Å². The second kappa shape index (κ2) is 6.83. The number of hydrogen-bond donors (Lipinski definition) is 0. The fourth-order valence-electron chi connectivity index (χ4n) is 2.61. The molecule has 2 heteroatoms. The van der Waals surface area contributed by atoms with Gasteiger partial charge in [0.15, 0.2) is 11.5 Å². The number of ether oxygens (including phenoxy) is 2. The van der Waals surface area contributed by atoms with Crippen LogP contribution in [0.4, 0.5) is 0 Å². The molecule has 0 atom stereocenters. The van der Waals surface area contributed by atoms with Crippen molar-refractivity contribution in [1.82, 2.24) is 0 Å². The lowest BCUT2D eigenvalue weighted by molar-refractivity contribution is -0.0696. The molecule has 0 radical (unpaired) electrons. The number of rotatable bonds is 8. The Kier molecular flexibility index (Phi) is 5.12. The third-order valence-electron chi connectivity index (χ3n) is 3.74. The molecule has 0 bridgehead atoms. The predicted molar refractivity (Wildman–Crippen MR) is 78.7 cm³/mol.